The predicted molar refractivity (Wildman–Crippen MR) is 64.6 cm³/mol. The predicted octanol–water partition coefficient (Wildman–Crippen LogP) is 1.76. The van der Waals surface area contributed by atoms with Crippen LogP contribution in [0.3, 0.4) is 0 Å². The smallest absolute Gasteiger partial charge is 0.325 e. The van der Waals surface area contributed by atoms with Gasteiger partial charge >= 0.3 is 5.97 Å². The SMILES string of the molecule is CCCCOC(=O)CNC(=O)c1ccccc1. The highest BCUT2D eigenvalue weighted by molar-refractivity contribution is 5.95. The van der Waals surface area contributed by atoms with Crippen LogP contribution < -0.4 is 5.32 Å². The Morgan fingerprint density at radius 1 is 1.24 bits per heavy atom. The fraction of sp³-hybridized carbons (Fsp3) is 0.385. The van der Waals surface area contributed by atoms with Gasteiger partial charge in [0.25, 0.3) is 5.91 Å². The lowest BCUT2D eigenvalue weighted by atomic mass is 10.2. The molecular formula is C13H17NO3. The summed E-state index contributed by atoms with van der Waals surface area (Å²) >= 11 is 0. The second-order valence-corrected chi connectivity index (χ2v) is 3.62. The topological polar surface area (TPSA) is 55.4 Å². The minimum atomic E-state index is -0.400. The summed E-state index contributed by atoms with van der Waals surface area (Å²) in [6, 6.07) is 8.76. The van der Waals surface area contributed by atoms with Crippen molar-refractivity contribution >= 4 is 11.9 Å². The Kier molecular flexibility index (Phi) is 5.79. The zero-order chi connectivity index (χ0) is 12.5. The van der Waals surface area contributed by atoms with Crippen molar-refractivity contribution in [3.05, 3.63) is 35.9 Å². The van der Waals surface area contributed by atoms with Crippen molar-refractivity contribution in [1.82, 2.24) is 5.32 Å². The minimum absolute atomic E-state index is 0.0859. The van der Waals surface area contributed by atoms with Crippen molar-refractivity contribution in [3.8, 4) is 0 Å². The van der Waals surface area contributed by atoms with E-state index in [2.05, 4.69) is 5.32 Å². The molecule has 1 aromatic carbocycles. The number of hydrogen-bond donors (Lipinski definition) is 1. The number of amides is 1. The molecule has 0 atom stereocenters. The summed E-state index contributed by atoms with van der Waals surface area (Å²) in [7, 11) is 0. The van der Waals surface area contributed by atoms with Gasteiger partial charge < -0.3 is 10.1 Å². The monoisotopic (exact) mass is 235 g/mol. The summed E-state index contributed by atoms with van der Waals surface area (Å²) in [4.78, 5) is 22.8. The zero-order valence-corrected chi connectivity index (χ0v) is 9.94. The standard InChI is InChI=1S/C13H17NO3/c1-2-3-9-17-12(15)10-14-13(16)11-7-5-4-6-8-11/h4-8H,2-3,9-10H2,1H3,(H,14,16). The molecule has 0 saturated carbocycles. The first kappa shape index (κ1) is 13.2. The average molecular weight is 235 g/mol. The molecule has 0 fully saturated rings. The van der Waals surface area contributed by atoms with Gasteiger partial charge in [-0.05, 0) is 18.6 Å². The number of carbonyl (C=O) groups is 2. The summed E-state index contributed by atoms with van der Waals surface area (Å²) in [6.45, 7) is 2.35. The number of rotatable bonds is 6. The number of esters is 1. The number of benzene rings is 1. The fourth-order valence-electron chi connectivity index (χ4n) is 1.23. The molecule has 0 aliphatic heterocycles. The molecular weight excluding hydrogens is 218 g/mol. The second kappa shape index (κ2) is 7.44. The zero-order valence-electron chi connectivity index (χ0n) is 9.94. The second-order valence-electron chi connectivity index (χ2n) is 3.62. The van der Waals surface area contributed by atoms with Crippen LogP contribution in [-0.4, -0.2) is 25.0 Å². The third kappa shape index (κ3) is 5.15. The van der Waals surface area contributed by atoms with Crippen LogP contribution in [0, 0.1) is 0 Å². The molecule has 4 nitrogen and oxygen atoms in total. The van der Waals surface area contributed by atoms with Gasteiger partial charge in [-0.25, -0.2) is 0 Å². The molecule has 1 rings (SSSR count). The number of ether oxygens (including phenoxy) is 1. The lowest BCUT2D eigenvalue weighted by molar-refractivity contribution is -0.142. The van der Waals surface area contributed by atoms with Crippen LogP contribution in [0.1, 0.15) is 30.1 Å². The Labute approximate surface area is 101 Å². The van der Waals surface area contributed by atoms with E-state index in [0.29, 0.717) is 12.2 Å². The molecule has 0 aliphatic carbocycles. The maximum absolute atomic E-state index is 11.6. The van der Waals surface area contributed by atoms with Crippen LogP contribution in [0.2, 0.25) is 0 Å². The van der Waals surface area contributed by atoms with E-state index in [1.54, 1.807) is 24.3 Å². The molecule has 0 spiro atoms. The Morgan fingerprint density at radius 3 is 2.59 bits per heavy atom. The average Bonchev–Trinajstić information content (AvgIpc) is 2.37. The molecule has 0 aliphatic rings. The molecule has 0 aromatic heterocycles. The summed E-state index contributed by atoms with van der Waals surface area (Å²) < 4.78 is 4.92. The molecule has 0 heterocycles. The Morgan fingerprint density at radius 2 is 1.94 bits per heavy atom. The number of hydrogen-bond acceptors (Lipinski definition) is 3. The van der Waals surface area contributed by atoms with E-state index in [-0.39, 0.29) is 12.5 Å². The summed E-state index contributed by atoms with van der Waals surface area (Å²) in [5.41, 5.74) is 0.536. The number of carbonyl (C=O) groups excluding carboxylic acids is 2. The van der Waals surface area contributed by atoms with Crippen LogP contribution in [0.4, 0.5) is 0 Å². The van der Waals surface area contributed by atoms with E-state index in [1.807, 2.05) is 13.0 Å². The largest absolute Gasteiger partial charge is 0.464 e. The molecule has 4 heteroatoms. The van der Waals surface area contributed by atoms with Crippen molar-refractivity contribution in [2.24, 2.45) is 0 Å². The van der Waals surface area contributed by atoms with Crippen molar-refractivity contribution < 1.29 is 14.3 Å². The van der Waals surface area contributed by atoms with E-state index in [0.717, 1.165) is 12.8 Å². The van der Waals surface area contributed by atoms with Gasteiger partial charge in [0, 0.05) is 5.56 Å². The van der Waals surface area contributed by atoms with Crippen molar-refractivity contribution in [1.29, 1.82) is 0 Å². The quantitative estimate of drug-likeness (QED) is 0.603. The summed E-state index contributed by atoms with van der Waals surface area (Å²) in [5, 5.41) is 2.51. The number of nitrogens with one attached hydrogen (secondary N) is 1. The molecule has 1 aromatic rings. The van der Waals surface area contributed by atoms with Crippen molar-refractivity contribution in [2.75, 3.05) is 13.2 Å². The fourth-order valence-corrected chi connectivity index (χ4v) is 1.23. The van der Waals surface area contributed by atoms with E-state index in [1.165, 1.54) is 0 Å². The van der Waals surface area contributed by atoms with Crippen LogP contribution in [0.15, 0.2) is 30.3 Å². The third-order valence-electron chi connectivity index (χ3n) is 2.19. The molecule has 17 heavy (non-hydrogen) atoms. The van der Waals surface area contributed by atoms with Gasteiger partial charge in [-0.2, -0.15) is 0 Å². The highest BCUT2D eigenvalue weighted by atomic mass is 16.5. The van der Waals surface area contributed by atoms with E-state index in [4.69, 9.17) is 4.74 Å². The highest BCUT2D eigenvalue weighted by Gasteiger charge is 2.07. The van der Waals surface area contributed by atoms with Crippen LogP contribution in [-0.2, 0) is 9.53 Å². The van der Waals surface area contributed by atoms with Gasteiger partial charge in [0.1, 0.15) is 6.54 Å². The molecule has 0 bridgehead atoms. The Bertz CT molecular complexity index is 362. The van der Waals surface area contributed by atoms with Crippen LogP contribution >= 0.6 is 0 Å². The van der Waals surface area contributed by atoms with Crippen LogP contribution in [0.5, 0.6) is 0 Å². The first-order chi connectivity index (χ1) is 8.24. The normalized spacial score (nSPS) is 9.71. The van der Waals surface area contributed by atoms with Gasteiger partial charge in [0.2, 0.25) is 0 Å². The third-order valence-corrected chi connectivity index (χ3v) is 2.19. The molecule has 0 saturated heterocycles. The first-order valence-electron chi connectivity index (χ1n) is 5.73. The molecule has 1 amide bonds. The summed E-state index contributed by atoms with van der Waals surface area (Å²) in [6.07, 6.45) is 1.82. The minimum Gasteiger partial charge on any atom is -0.464 e. The molecule has 1 N–H and O–H groups in total. The molecule has 92 valence electrons. The maximum Gasteiger partial charge on any atom is 0.325 e. The van der Waals surface area contributed by atoms with Gasteiger partial charge in [0.05, 0.1) is 6.61 Å². The van der Waals surface area contributed by atoms with Crippen molar-refractivity contribution in [2.45, 2.75) is 19.8 Å². The number of unbranched alkanes of at least 4 members (excludes halogenated alkanes) is 1. The Balaban J connectivity index is 2.26. The van der Waals surface area contributed by atoms with Crippen molar-refractivity contribution in [3.63, 3.8) is 0 Å². The summed E-state index contributed by atoms with van der Waals surface area (Å²) in [5.74, 6) is -0.666. The maximum atomic E-state index is 11.6. The highest BCUT2D eigenvalue weighted by Crippen LogP contribution is 1.97. The Hall–Kier alpha value is -1.84. The van der Waals surface area contributed by atoms with E-state index in [9.17, 15) is 9.59 Å². The lowest BCUT2D eigenvalue weighted by Crippen LogP contribution is -2.30. The van der Waals surface area contributed by atoms with Gasteiger partial charge in [-0.15, -0.1) is 0 Å². The lowest BCUT2D eigenvalue weighted by Gasteiger charge is -2.05. The van der Waals surface area contributed by atoms with E-state index < -0.39 is 5.97 Å². The first-order valence-corrected chi connectivity index (χ1v) is 5.73. The molecule has 0 unspecified atom stereocenters. The van der Waals surface area contributed by atoms with Gasteiger partial charge in [-0.1, -0.05) is 31.5 Å². The van der Waals surface area contributed by atoms with Crippen LogP contribution in [0.25, 0.3) is 0 Å². The van der Waals surface area contributed by atoms with Gasteiger partial charge in [-0.3, -0.25) is 9.59 Å². The molecule has 0 radical (unpaired) electrons. The van der Waals surface area contributed by atoms with E-state index >= 15 is 0 Å². The van der Waals surface area contributed by atoms with Gasteiger partial charge in [0.15, 0.2) is 0 Å².